The predicted octanol–water partition coefficient (Wildman–Crippen LogP) is 4.27. The Balaban J connectivity index is 2.06. The summed E-state index contributed by atoms with van der Waals surface area (Å²) < 4.78 is 44.0. The number of nitrogens with one attached hydrogen (secondary N) is 1. The van der Waals surface area contributed by atoms with E-state index in [1.54, 1.807) is 13.8 Å². The molecular formula is C17H15F3N4O2S. The molecule has 6 nitrogen and oxygen atoms in total. The molecule has 1 aromatic carbocycles. The first-order valence-electron chi connectivity index (χ1n) is 8.00. The Morgan fingerprint density at radius 3 is 2.70 bits per heavy atom. The molecule has 1 amide bonds. The van der Waals surface area contributed by atoms with Crippen LogP contribution in [0.1, 0.15) is 34.3 Å². The van der Waals surface area contributed by atoms with Crippen LogP contribution in [0.5, 0.6) is 0 Å². The smallest absolute Gasteiger partial charge is 0.416 e. The fourth-order valence-electron chi connectivity index (χ4n) is 2.81. The van der Waals surface area contributed by atoms with Crippen molar-refractivity contribution in [3.8, 4) is 0 Å². The zero-order valence-electron chi connectivity index (χ0n) is 14.4. The van der Waals surface area contributed by atoms with Crippen molar-refractivity contribution in [2.45, 2.75) is 26.6 Å². The van der Waals surface area contributed by atoms with Crippen molar-refractivity contribution < 1.29 is 22.4 Å². The van der Waals surface area contributed by atoms with Crippen LogP contribution in [0.2, 0.25) is 0 Å². The average Bonchev–Trinajstić information content (AvgIpc) is 3.11. The number of amides is 1. The number of aryl methyl sites for hydroxylation is 1. The number of hydrogen-bond acceptors (Lipinski definition) is 5. The molecule has 3 aromatic rings. The number of halogens is 3. The SMILES string of the molecule is CCN(Cc1nnco1)C(=O)c1c(C)c2ccc(C(F)(F)F)cc2[nH]c1=S. The Labute approximate surface area is 157 Å². The highest BCUT2D eigenvalue weighted by Crippen LogP contribution is 2.32. The van der Waals surface area contributed by atoms with E-state index >= 15 is 0 Å². The molecule has 0 bridgehead atoms. The van der Waals surface area contributed by atoms with E-state index in [4.69, 9.17) is 16.6 Å². The summed E-state index contributed by atoms with van der Waals surface area (Å²) >= 11 is 5.26. The number of alkyl halides is 3. The normalized spacial score (nSPS) is 11.7. The molecule has 10 heteroatoms. The number of aromatic amines is 1. The van der Waals surface area contributed by atoms with Gasteiger partial charge in [0.05, 0.1) is 17.7 Å². The van der Waals surface area contributed by atoms with Crippen molar-refractivity contribution in [1.82, 2.24) is 20.1 Å². The molecule has 0 aliphatic carbocycles. The van der Waals surface area contributed by atoms with Crippen LogP contribution >= 0.6 is 12.2 Å². The van der Waals surface area contributed by atoms with Crippen molar-refractivity contribution >= 4 is 29.0 Å². The summed E-state index contributed by atoms with van der Waals surface area (Å²) in [5.74, 6) is -0.0930. The van der Waals surface area contributed by atoms with Crippen LogP contribution in [0.4, 0.5) is 13.2 Å². The van der Waals surface area contributed by atoms with E-state index in [1.807, 2.05) is 0 Å². The third-order valence-electron chi connectivity index (χ3n) is 4.22. The molecule has 1 N–H and O–H groups in total. The summed E-state index contributed by atoms with van der Waals surface area (Å²) in [7, 11) is 0. The number of pyridine rings is 1. The van der Waals surface area contributed by atoms with Crippen LogP contribution in [-0.4, -0.2) is 32.5 Å². The van der Waals surface area contributed by atoms with E-state index in [0.29, 0.717) is 17.5 Å². The van der Waals surface area contributed by atoms with E-state index in [1.165, 1.54) is 17.4 Å². The van der Waals surface area contributed by atoms with Gasteiger partial charge in [0.15, 0.2) is 0 Å². The minimum Gasteiger partial charge on any atom is -0.426 e. The van der Waals surface area contributed by atoms with Gasteiger partial charge in [-0.25, -0.2) is 0 Å². The number of carbonyl (C=O) groups excluding carboxylic acids is 1. The molecule has 0 saturated heterocycles. The zero-order chi connectivity index (χ0) is 19.8. The lowest BCUT2D eigenvalue weighted by atomic mass is 10.0. The Kier molecular flexibility index (Phi) is 5.01. The van der Waals surface area contributed by atoms with Crippen LogP contribution in [-0.2, 0) is 12.7 Å². The molecule has 0 fully saturated rings. The first-order chi connectivity index (χ1) is 12.7. The molecule has 0 atom stereocenters. The lowest BCUT2D eigenvalue weighted by Gasteiger charge is -2.21. The quantitative estimate of drug-likeness (QED) is 0.667. The van der Waals surface area contributed by atoms with Crippen molar-refractivity contribution in [3.63, 3.8) is 0 Å². The fourth-order valence-corrected chi connectivity index (χ4v) is 3.16. The van der Waals surface area contributed by atoms with Crippen molar-refractivity contribution in [1.29, 1.82) is 0 Å². The van der Waals surface area contributed by atoms with Gasteiger partial charge >= 0.3 is 6.18 Å². The Bertz CT molecular complexity index is 1040. The Morgan fingerprint density at radius 1 is 1.37 bits per heavy atom. The molecule has 2 aromatic heterocycles. The molecule has 0 aliphatic heterocycles. The van der Waals surface area contributed by atoms with Gasteiger partial charge < -0.3 is 14.3 Å². The van der Waals surface area contributed by atoms with E-state index in [9.17, 15) is 18.0 Å². The average molecular weight is 396 g/mol. The third-order valence-corrected chi connectivity index (χ3v) is 4.52. The van der Waals surface area contributed by atoms with Crippen LogP contribution in [0.25, 0.3) is 10.9 Å². The van der Waals surface area contributed by atoms with Crippen LogP contribution in [0.15, 0.2) is 29.0 Å². The summed E-state index contributed by atoms with van der Waals surface area (Å²) in [5, 5.41) is 7.82. The van der Waals surface area contributed by atoms with Gasteiger partial charge in [-0.05, 0) is 31.5 Å². The number of hydrogen-bond donors (Lipinski definition) is 1. The standard InChI is InChI=1S/C17H15F3N4O2S/c1-3-24(7-13-23-21-8-26-13)16(25)14-9(2)11-5-4-10(17(18,19)20)6-12(11)22-15(14)27/h4-6,8H,3,7H2,1-2H3,(H,22,27). The highest BCUT2D eigenvalue weighted by Gasteiger charge is 2.31. The lowest BCUT2D eigenvalue weighted by molar-refractivity contribution is -0.137. The van der Waals surface area contributed by atoms with Gasteiger partial charge in [0.1, 0.15) is 4.64 Å². The number of rotatable bonds is 4. The molecule has 142 valence electrons. The minimum atomic E-state index is -4.46. The Hall–Kier alpha value is -2.75. The van der Waals surface area contributed by atoms with Gasteiger partial charge in [-0.15, -0.1) is 10.2 Å². The van der Waals surface area contributed by atoms with Gasteiger partial charge in [-0.2, -0.15) is 13.2 Å². The van der Waals surface area contributed by atoms with Crippen LogP contribution in [0, 0.1) is 11.6 Å². The van der Waals surface area contributed by atoms with Gasteiger partial charge in [0.2, 0.25) is 12.3 Å². The second-order valence-electron chi connectivity index (χ2n) is 5.86. The minimum absolute atomic E-state index is 0.0771. The number of benzene rings is 1. The first-order valence-corrected chi connectivity index (χ1v) is 8.41. The fraction of sp³-hybridized carbons (Fsp3) is 0.294. The molecular weight excluding hydrogens is 381 g/mol. The topological polar surface area (TPSA) is 75.0 Å². The first kappa shape index (κ1) is 19.0. The molecule has 27 heavy (non-hydrogen) atoms. The molecule has 0 saturated carbocycles. The maximum absolute atomic E-state index is 13.0. The molecule has 2 heterocycles. The number of H-pyrrole nitrogens is 1. The van der Waals surface area contributed by atoms with Crippen molar-refractivity contribution in [2.24, 2.45) is 0 Å². The lowest BCUT2D eigenvalue weighted by Crippen LogP contribution is -2.31. The molecule has 0 spiro atoms. The van der Waals surface area contributed by atoms with E-state index in [2.05, 4.69) is 15.2 Å². The zero-order valence-corrected chi connectivity index (χ0v) is 15.2. The third kappa shape index (κ3) is 3.70. The molecule has 3 rings (SSSR count). The van der Waals surface area contributed by atoms with Crippen molar-refractivity contribution in [2.75, 3.05) is 6.54 Å². The highest BCUT2D eigenvalue weighted by atomic mass is 32.1. The second kappa shape index (κ2) is 7.10. The summed E-state index contributed by atoms with van der Waals surface area (Å²) in [4.78, 5) is 17.2. The van der Waals surface area contributed by atoms with Gasteiger partial charge in [-0.1, -0.05) is 18.3 Å². The number of fused-ring (bicyclic) bond motifs is 1. The predicted molar refractivity (Wildman–Crippen MR) is 93.6 cm³/mol. The summed E-state index contributed by atoms with van der Waals surface area (Å²) in [6, 6.07) is 3.31. The van der Waals surface area contributed by atoms with E-state index in [0.717, 1.165) is 12.1 Å². The van der Waals surface area contributed by atoms with Crippen molar-refractivity contribution in [3.05, 3.63) is 51.8 Å². The second-order valence-corrected chi connectivity index (χ2v) is 6.27. The Morgan fingerprint density at radius 2 is 2.11 bits per heavy atom. The summed E-state index contributed by atoms with van der Waals surface area (Å²) in [6.07, 6.45) is -3.30. The monoisotopic (exact) mass is 396 g/mol. The number of nitrogens with zero attached hydrogens (tertiary/aromatic N) is 3. The van der Waals surface area contributed by atoms with Gasteiger partial charge in [0.25, 0.3) is 5.91 Å². The van der Waals surface area contributed by atoms with Crippen LogP contribution in [0.3, 0.4) is 0 Å². The maximum atomic E-state index is 13.0. The van der Waals surface area contributed by atoms with Crippen LogP contribution < -0.4 is 0 Å². The largest absolute Gasteiger partial charge is 0.426 e. The summed E-state index contributed by atoms with van der Waals surface area (Å²) in [5.41, 5.74) is 0.185. The molecule has 0 radical (unpaired) electrons. The summed E-state index contributed by atoms with van der Waals surface area (Å²) in [6.45, 7) is 3.91. The molecule has 0 unspecified atom stereocenters. The van der Waals surface area contributed by atoms with E-state index in [-0.39, 0.29) is 34.1 Å². The highest BCUT2D eigenvalue weighted by molar-refractivity contribution is 7.71. The molecule has 0 aliphatic rings. The van der Waals surface area contributed by atoms with Gasteiger partial charge in [0, 0.05) is 17.4 Å². The maximum Gasteiger partial charge on any atom is 0.416 e. The number of carbonyl (C=O) groups is 1. The van der Waals surface area contributed by atoms with Gasteiger partial charge in [-0.3, -0.25) is 4.79 Å². The van der Waals surface area contributed by atoms with E-state index < -0.39 is 11.7 Å². The number of aromatic nitrogens is 3.